The van der Waals surface area contributed by atoms with Crippen LogP contribution in [0.3, 0.4) is 0 Å². The Morgan fingerprint density at radius 3 is 2.38 bits per heavy atom. The number of carbonyl (C=O) groups is 2. The molecule has 2 aromatic rings. The smallest absolute Gasteiger partial charge is 0.338 e. The number of benzene rings is 1. The number of hydrogen-bond acceptors (Lipinski definition) is 5. The van der Waals surface area contributed by atoms with Crippen molar-refractivity contribution < 1.29 is 19.1 Å². The van der Waals surface area contributed by atoms with Crippen molar-refractivity contribution in [2.45, 2.75) is 26.9 Å². The number of ether oxygens (including phenoxy) is 2. The zero-order valence-electron chi connectivity index (χ0n) is 15.3. The van der Waals surface area contributed by atoms with Crippen LogP contribution in [-0.2, 0) is 14.3 Å². The number of aryl methyl sites for hydroxylation is 2. The fourth-order valence-electron chi connectivity index (χ4n) is 2.95. The number of morpholine rings is 1. The monoisotopic (exact) mass is 357 g/mol. The molecule has 0 N–H and O–H groups in total. The van der Waals surface area contributed by atoms with Crippen LogP contribution in [0.5, 0.6) is 0 Å². The summed E-state index contributed by atoms with van der Waals surface area (Å²) < 4.78 is 12.4. The summed E-state index contributed by atoms with van der Waals surface area (Å²) in [4.78, 5) is 26.3. The van der Waals surface area contributed by atoms with E-state index in [4.69, 9.17) is 9.47 Å². The number of hydrogen-bond donors (Lipinski definition) is 0. The molecule has 0 bridgehead atoms. The second-order valence-corrected chi connectivity index (χ2v) is 6.37. The normalized spacial score (nSPS) is 15.6. The molecule has 0 aliphatic carbocycles. The van der Waals surface area contributed by atoms with Crippen molar-refractivity contribution in [3.8, 4) is 5.69 Å². The van der Waals surface area contributed by atoms with Crippen LogP contribution in [-0.4, -0.2) is 59.0 Å². The zero-order valence-corrected chi connectivity index (χ0v) is 15.3. The zero-order chi connectivity index (χ0) is 18.7. The van der Waals surface area contributed by atoms with Gasteiger partial charge in [-0.25, -0.2) is 9.48 Å². The van der Waals surface area contributed by atoms with Crippen molar-refractivity contribution in [1.82, 2.24) is 14.7 Å². The molecule has 1 saturated heterocycles. The minimum absolute atomic E-state index is 0.194. The summed E-state index contributed by atoms with van der Waals surface area (Å²) in [7, 11) is 0. The third-order valence-electron chi connectivity index (χ3n) is 4.31. The highest BCUT2D eigenvalue weighted by Gasteiger charge is 2.25. The van der Waals surface area contributed by atoms with Gasteiger partial charge < -0.3 is 14.4 Å². The highest BCUT2D eigenvalue weighted by atomic mass is 16.5. The second-order valence-electron chi connectivity index (χ2n) is 6.37. The first-order chi connectivity index (χ1) is 12.5. The van der Waals surface area contributed by atoms with Crippen LogP contribution in [0.1, 0.15) is 28.7 Å². The van der Waals surface area contributed by atoms with E-state index in [2.05, 4.69) is 5.10 Å². The van der Waals surface area contributed by atoms with E-state index in [0.717, 1.165) is 17.1 Å². The van der Waals surface area contributed by atoms with Crippen LogP contribution in [0.15, 0.2) is 30.3 Å². The average molecular weight is 357 g/mol. The van der Waals surface area contributed by atoms with Crippen molar-refractivity contribution in [2.75, 3.05) is 26.3 Å². The first-order valence-electron chi connectivity index (χ1n) is 8.67. The van der Waals surface area contributed by atoms with Crippen LogP contribution in [0.25, 0.3) is 5.69 Å². The fourth-order valence-corrected chi connectivity index (χ4v) is 2.95. The van der Waals surface area contributed by atoms with E-state index >= 15 is 0 Å². The van der Waals surface area contributed by atoms with Crippen LogP contribution in [0.4, 0.5) is 0 Å². The number of carbonyl (C=O) groups excluding carboxylic acids is 2. The molecule has 1 aliphatic heterocycles. The molecule has 0 spiro atoms. The molecule has 1 fully saturated rings. The van der Waals surface area contributed by atoms with Gasteiger partial charge >= 0.3 is 5.97 Å². The summed E-state index contributed by atoms with van der Waals surface area (Å²) in [6, 6.07) is 8.97. The molecule has 7 heteroatoms. The van der Waals surface area contributed by atoms with E-state index in [-0.39, 0.29) is 5.91 Å². The molecule has 7 nitrogen and oxygen atoms in total. The molecule has 0 saturated carbocycles. The molecule has 0 unspecified atom stereocenters. The van der Waals surface area contributed by atoms with Crippen LogP contribution in [0.2, 0.25) is 0 Å². The van der Waals surface area contributed by atoms with Gasteiger partial charge in [0.05, 0.1) is 30.2 Å². The quantitative estimate of drug-likeness (QED) is 0.782. The Bertz CT molecular complexity index is 792. The van der Waals surface area contributed by atoms with Crippen molar-refractivity contribution in [2.24, 2.45) is 0 Å². The lowest BCUT2D eigenvalue weighted by atomic mass is 10.2. The number of aromatic nitrogens is 2. The lowest BCUT2D eigenvalue weighted by molar-refractivity contribution is -0.143. The van der Waals surface area contributed by atoms with Crippen LogP contribution < -0.4 is 0 Å². The van der Waals surface area contributed by atoms with Gasteiger partial charge in [0.25, 0.3) is 5.91 Å². The average Bonchev–Trinajstić information content (AvgIpc) is 3.00. The molecule has 1 atom stereocenters. The van der Waals surface area contributed by atoms with E-state index in [9.17, 15) is 9.59 Å². The Balaban J connectivity index is 1.64. The second kappa shape index (κ2) is 7.70. The maximum Gasteiger partial charge on any atom is 0.338 e. The number of nitrogens with zero attached hydrogens (tertiary/aromatic N) is 3. The summed E-state index contributed by atoms with van der Waals surface area (Å²) in [5, 5.41) is 4.42. The molecule has 0 radical (unpaired) electrons. The summed E-state index contributed by atoms with van der Waals surface area (Å²) >= 11 is 0. The van der Waals surface area contributed by atoms with Crippen molar-refractivity contribution in [3.63, 3.8) is 0 Å². The third-order valence-corrected chi connectivity index (χ3v) is 4.31. The summed E-state index contributed by atoms with van der Waals surface area (Å²) in [5.41, 5.74) is 3.21. The highest BCUT2D eigenvalue weighted by molar-refractivity contribution is 5.92. The number of amides is 1. The highest BCUT2D eigenvalue weighted by Crippen LogP contribution is 2.14. The molecular weight excluding hydrogens is 334 g/mol. The van der Waals surface area contributed by atoms with Gasteiger partial charge in [0.1, 0.15) is 0 Å². The lowest BCUT2D eigenvalue weighted by Gasteiger charge is -2.28. The minimum Gasteiger partial charge on any atom is -0.449 e. The van der Waals surface area contributed by atoms with Crippen LogP contribution in [0, 0.1) is 13.8 Å². The Morgan fingerprint density at radius 1 is 1.15 bits per heavy atom. The number of rotatable bonds is 4. The molecule has 1 aliphatic rings. The minimum atomic E-state index is -0.823. The Morgan fingerprint density at radius 2 is 1.81 bits per heavy atom. The lowest BCUT2D eigenvalue weighted by Crippen LogP contribution is -2.46. The molecule has 138 valence electrons. The standard InChI is InChI=1S/C19H23N3O4/c1-13-12-14(2)22(20-13)17-6-4-16(5-7-17)19(24)26-15(3)18(23)21-8-10-25-11-9-21/h4-7,12,15H,8-11H2,1-3H3/t15-/m0/s1. The van der Waals surface area contributed by atoms with Crippen molar-refractivity contribution in [3.05, 3.63) is 47.3 Å². The Hall–Kier alpha value is -2.67. The molecule has 26 heavy (non-hydrogen) atoms. The third kappa shape index (κ3) is 3.94. The van der Waals surface area contributed by atoms with Gasteiger partial charge in [0.2, 0.25) is 0 Å². The molecule has 2 heterocycles. The van der Waals surface area contributed by atoms with Crippen molar-refractivity contribution >= 4 is 11.9 Å². The largest absolute Gasteiger partial charge is 0.449 e. The first-order valence-corrected chi connectivity index (χ1v) is 8.67. The summed E-state index contributed by atoms with van der Waals surface area (Å²) in [5.74, 6) is -0.708. The molecule has 1 aromatic carbocycles. The van der Waals surface area contributed by atoms with Gasteiger partial charge in [-0.3, -0.25) is 4.79 Å². The Kier molecular flexibility index (Phi) is 5.37. The van der Waals surface area contributed by atoms with E-state index < -0.39 is 12.1 Å². The predicted molar refractivity (Wildman–Crippen MR) is 95.3 cm³/mol. The van der Waals surface area contributed by atoms with E-state index in [1.54, 1.807) is 24.0 Å². The van der Waals surface area contributed by atoms with Gasteiger partial charge in [-0.15, -0.1) is 0 Å². The van der Waals surface area contributed by atoms with Crippen molar-refractivity contribution in [1.29, 1.82) is 0 Å². The van der Waals surface area contributed by atoms with E-state index in [1.807, 2.05) is 36.7 Å². The molecule has 1 amide bonds. The topological polar surface area (TPSA) is 73.7 Å². The maximum atomic E-state index is 12.3. The van der Waals surface area contributed by atoms with Crippen LogP contribution >= 0.6 is 0 Å². The van der Waals surface area contributed by atoms with E-state index in [0.29, 0.717) is 31.9 Å². The maximum absolute atomic E-state index is 12.3. The van der Waals surface area contributed by atoms with Gasteiger partial charge in [-0.2, -0.15) is 5.10 Å². The predicted octanol–water partition coefficient (Wildman–Crippen LogP) is 1.89. The molecule has 1 aromatic heterocycles. The fraction of sp³-hybridized carbons (Fsp3) is 0.421. The molecule has 3 rings (SSSR count). The Labute approximate surface area is 152 Å². The first kappa shape index (κ1) is 18.1. The van der Waals surface area contributed by atoms with E-state index in [1.165, 1.54) is 0 Å². The number of esters is 1. The SMILES string of the molecule is Cc1cc(C)n(-c2ccc(C(=O)O[C@@H](C)C(=O)N3CCOCC3)cc2)n1. The van der Waals surface area contributed by atoms with Gasteiger partial charge in [-0.05, 0) is 51.1 Å². The molecular formula is C19H23N3O4. The summed E-state index contributed by atoms with van der Waals surface area (Å²) in [6.07, 6.45) is -0.823. The van der Waals surface area contributed by atoms with Gasteiger partial charge in [-0.1, -0.05) is 0 Å². The summed E-state index contributed by atoms with van der Waals surface area (Å²) in [6.45, 7) is 7.58. The van der Waals surface area contributed by atoms with Gasteiger partial charge in [0.15, 0.2) is 6.10 Å². The van der Waals surface area contributed by atoms with Gasteiger partial charge in [0, 0.05) is 18.8 Å².